The number of pyridine rings is 1. The smallest absolute Gasteiger partial charge is 0.247 e. The van der Waals surface area contributed by atoms with Crippen LogP contribution in [-0.4, -0.2) is 32.5 Å². The zero-order valence-electron chi connectivity index (χ0n) is 13.1. The lowest BCUT2D eigenvalue weighted by Gasteiger charge is -2.05. The summed E-state index contributed by atoms with van der Waals surface area (Å²) in [6, 6.07) is 13.7. The minimum absolute atomic E-state index is 0.554. The molecule has 0 saturated carbocycles. The van der Waals surface area contributed by atoms with E-state index in [1.807, 2.05) is 54.1 Å². The first-order valence-electron chi connectivity index (χ1n) is 7.46. The second kappa shape index (κ2) is 6.83. The maximum absolute atomic E-state index is 4.61. The maximum atomic E-state index is 4.61. The molecule has 0 aliphatic heterocycles. The molecule has 0 aliphatic rings. The third-order valence-corrected chi connectivity index (χ3v) is 3.37. The Kier molecular flexibility index (Phi) is 4.42. The van der Waals surface area contributed by atoms with Crippen molar-refractivity contribution in [2.45, 2.75) is 13.5 Å². The van der Waals surface area contributed by atoms with Gasteiger partial charge in [-0.25, -0.2) is 4.68 Å². The van der Waals surface area contributed by atoms with Crippen LogP contribution in [0.2, 0.25) is 0 Å². The van der Waals surface area contributed by atoms with Crippen LogP contribution in [0.15, 0.2) is 59.9 Å². The lowest BCUT2D eigenvalue weighted by atomic mass is 10.1. The van der Waals surface area contributed by atoms with E-state index in [-0.39, 0.29) is 0 Å². The molecule has 2 heterocycles. The van der Waals surface area contributed by atoms with Crippen LogP contribution in [-0.2, 0) is 6.54 Å². The third-order valence-electron chi connectivity index (χ3n) is 3.37. The number of hydrogen-bond acceptors (Lipinski definition) is 5. The van der Waals surface area contributed by atoms with Gasteiger partial charge in [-0.15, -0.1) is 5.10 Å². The minimum Gasteiger partial charge on any atom is -0.323 e. The lowest BCUT2D eigenvalue weighted by Crippen LogP contribution is -2.13. The van der Waals surface area contributed by atoms with Gasteiger partial charge in [0.1, 0.15) is 5.71 Å². The van der Waals surface area contributed by atoms with Crippen molar-refractivity contribution in [3.63, 3.8) is 0 Å². The Morgan fingerprint density at radius 3 is 2.65 bits per heavy atom. The van der Waals surface area contributed by atoms with Gasteiger partial charge in [-0.05, 0) is 31.2 Å². The first-order valence-corrected chi connectivity index (χ1v) is 7.46. The van der Waals surface area contributed by atoms with E-state index in [2.05, 4.69) is 25.4 Å². The fourth-order valence-electron chi connectivity index (χ4n) is 2.30. The van der Waals surface area contributed by atoms with Crippen molar-refractivity contribution in [1.29, 1.82) is 0 Å². The molecule has 116 valence electrons. The number of nitrogens with zero attached hydrogens (tertiary/aromatic N) is 5. The molecule has 23 heavy (non-hydrogen) atoms. The van der Waals surface area contributed by atoms with Gasteiger partial charge in [0.05, 0.1) is 0 Å². The molecule has 0 saturated heterocycles. The van der Waals surface area contributed by atoms with E-state index in [1.54, 1.807) is 19.4 Å². The third kappa shape index (κ3) is 3.26. The topological polar surface area (TPSA) is 68.0 Å². The number of benzene rings is 1. The van der Waals surface area contributed by atoms with E-state index in [1.165, 1.54) is 0 Å². The number of para-hydroxylation sites is 1. The number of rotatable bonds is 5. The van der Waals surface area contributed by atoms with Gasteiger partial charge in [-0.1, -0.05) is 18.2 Å². The molecule has 1 aromatic carbocycles. The summed E-state index contributed by atoms with van der Waals surface area (Å²) in [5, 5.41) is 7.73. The summed E-state index contributed by atoms with van der Waals surface area (Å²) in [5.41, 5.74) is 2.64. The SMILES string of the molecule is CCn1nc(Nc2ccccc2)nc1C(=NC)c1cccnc1. The second-order valence-corrected chi connectivity index (χ2v) is 4.88. The number of aliphatic imine (C=N–C) groups is 1. The molecule has 0 bridgehead atoms. The zero-order chi connectivity index (χ0) is 16.1. The van der Waals surface area contributed by atoms with Gasteiger partial charge in [0.15, 0.2) is 5.82 Å². The van der Waals surface area contributed by atoms with Crippen molar-refractivity contribution >= 4 is 17.3 Å². The summed E-state index contributed by atoms with van der Waals surface area (Å²) >= 11 is 0. The standard InChI is InChI=1S/C17H18N6/c1-3-23-16(15(18-2)13-8-7-11-19-12-13)21-17(22-23)20-14-9-5-4-6-10-14/h4-12H,3H2,1-2H3,(H,20,22). The molecule has 1 N–H and O–H groups in total. The van der Waals surface area contributed by atoms with E-state index >= 15 is 0 Å². The van der Waals surface area contributed by atoms with Crippen LogP contribution < -0.4 is 5.32 Å². The fraction of sp³-hybridized carbons (Fsp3) is 0.176. The largest absolute Gasteiger partial charge is 0.323 e. The van der Waals surface area contributed by atoms with Gasteiger partial charge in [0, 0.05) is 37.2 Å². The number of aromatic nitrogens is 4. The van der Waals surface area contributed by atoms with Crippen LogP contribution in [0.1, 0.15) is 18.3 Å². The summed E-state index contributed by atoms with van der Waals surface area (Å²) in [7, 11) is 1.75. The Hall–Kier alpha value is -3.02. The molecule has 3 aromatic rings. The minimum atomic E-state index is 0.554. The zero-order valence-corrected chi connectivity index (χ0v) is 13.1. The van der Waals surface area contributed by atoms with Crippen molar-refractivity contribution in [2.24, 2.45) is 4.99 Å². The van der Waals surface area contributed by atoms with Crippen molar-refractivity contribution in [1.82, 2.24) is 19.7 Å². The average molecular weight is 306 g/mol. The van der Waals surface area contributed by atoms with E-state index < -0.39 is 0 Å². The van der Waals surface area contributed by atoms with E-state index in [0.717, 1.165) is 22.8 Å². The molecule has 0 fully saturated rings. The molecular formula is C17H18N6. The predicted molar refractivity (Wildman–Crippen MR) is 91.2 cm³/mol. The quantitative estimate of drug-likeness (QED) is 0.736. The molecule has 0 radical (unpaired) electrons. The Bertz CT molecular complexity index is 792. The monoisotopic (exact) mass is 306 g/mol. The van der Waals surface area contributed by atoms with E-state index in [4.69, 9.17) is 0 Å². The Morgan fingerprint density at radius 2 is 2.00 bits per heavy atom. The average Bonchev–Trinajstić information content (AvgIpc) is 3.00. The first kappa shape index (κ1) is 14.9. The van der Waals surface area contributed by atoms with Crippen molar-refractivity contribution < 1.29 is 0 Å². The molecule has 2 aromatic heterocycles. The van der Waals surface area contributed by atoms with Crippen LogP contribution in [0.5, 0.6) is 0 Å². The number of nitrogens with one attached hydrogen (secondary N) is 1. The van der Waals surface area contributed by atoms with Crippen LogP contribution in [0.3, 0.4) is 0 Å². The molecule has 6 nitrogen and oxygen atoms in total. The van der Waals surface area contributed by atoms with Gasteiger partial charge in [0.2, 0.25) is 5.95 Å². The predicted octanol–water partition coefficient (Wildman–Crippen LogP) is 2.90. The van der Waals surface area contributed by atoms with Gasteiger partial charge in [-0.2, -0.15) is 4.98 Å². The highest BCUT2D eigenvalue weighted by Crippen LogP contribution is 2.15. The molecular weight excluding hydrogens is 288 g/mol. The summed E-state index contributed by atoms with van der Waals surface area (Å²) in [5.74, 6) is 1.28. The van der Waals surface area contributed by atoms with E-state index in [0.29, 0.717) is 12.5 Å². The van der Waals surface area contributed by atoms with Crippen LogP contribution in [0, 0.1) is 0 Å². The van der Waals surface area contributed by atoms with Crippen molar-refractivity contribution in [2.75, 3.05) is 12.4 Å². The Balaban J connectivity index is 1.96. The van der Waals surface area contributed by atoms with Crippen LogP contribution in [0.25, 0.3) is 0 Å². The molecule has 0 atom stereocenters. The normalized spacial score (nSPS) is 11.5. The van der Waals surface area contributed by atoms with Gasteiger partial charge < -0.3 is 5.32 Å². The summed E-state index contributed by atoms with van der Waals surface area (Å²) in [4.78, 5) is 13.1. The molecule has 0 unspecified atom stereocenters. The number of aryl methyl sites for hydroxylation is 1. The maximum Gasteiger partial charge on any atom is 0.247 e. The van der Waals surface area contributed by atoms with Crippen LogP contribution in [0.4, 0.5) is 11.6 Å². The van der Waals surface area contributed by atoms with Gasteiger partial charge in [0.25, 0.3) is 0 Å². The van der Waals surface area contributed by atoms with Crippen molar-refractivity contribution in [3.8, 4) is 0 Å². The highest BCUT2D eigenvalue weighted by molar-refractivity contribution is 6.10. The fourth-order valence-corrected chi connectivity index (χ4v) is 2.30. The first-order chi connectivity index (χ1) is 11.3. The molecule has 0 spiro atoms. The molecule has 6 heteroatoms. The highest BCUT2D eigenvalue weighted by atomic mass is 15.4. The number of anilines is 2. The summed E-state index contributed by atoms with van der Waals surface area (Å²) in [6.45, 7) is 2.74. The van der Waals surface area contributed by atoms with Crippen LogP contribution >= 0.6 is 0 Å². The molecule has 0 amide bonds. The molecule has 0 aliphatic carbocycles. The lowest BCUT2D eigenvalue weighted by molar-refractivity contribution is 0.653. The Morgan fingerprint density at radius 1 is 1.17 bits per heavy atom. The van der Waals surface area contributed by atoms with E-state index in [9.17, 15) is 0 Å². The highest BCUT2D eigenvalue weighted by Gasteiger charge is 2.16. The molecule has 3 rings (SSSR count). The van der Waals surface area contributed by atoms with Gasteiger partial charge >= 0.3 is 0 Å². The van der Waals surface area contributed by atoms with Gasteiger partial charge in [-0.3, -0.25) is 9.98 Å². The van der Waals surface area contributed by atoms with Crippen molar-refractivity contribution in [3.05, 3.63) is 66.2 Å². The summed E-state index contributed by atoms with van der Waals surface area (Å²) in [6.07, 6.45) is 3.52. The number of hydrogen-bond donors (Lipinski definition) is 1. The Labute approximate surface area is 134 Å². The second-order valence-electron chi connectivity index (χ2n) is 4.88. The summed E-state index contributed by atoms with van der Waals surface area (Å²) < 4.78 is 1.83.